The number of anilines is 2. The molecule has 0 spiro atoms. The zero-order valence-electron chi connectivity index (χ0n) is 18.4. The molecule has 4 rings (SSSR count). The van der Waals surface area contributed by atoms with Crippen LogP contribution in [0.3, 0.4) is 0 Å². The van der Waals surface area contributed by atoms with Crippen molar-refractivity contribution in [3.05, 3.63) is 72.2 Å². The molecule has 1 saturated heterocycles. The van der Waals surface area contributed by atoms with Gasteiger partial charge in [0.1, 0.15) is 23.0 Å². The van der Waals surface area contributed by atoms with Crippen molar-refractivity contribution < 1.29 is 49.7 Å². The second-order valence-corrected chi connectivity index (χ2v) is 7.67. The number of rotatable bonds is 6. The number of ether oxygens (including phenoxy) is 3. The second kappa shape index (κ2) is 9.76. The van der Waals surface area contributed by atoms with Crippen LogP contribution >= 0.6 is 0 Å². The number of benzene rings is 2. The molecule has 0 radical (unpaired) electrons. The Kier molecular flexibility index (Phi) is 6.86. The van der Waals surface area contributed by atoms with E-state index >= 15 is 0 Å². The van der Waals surface area contributed by atoms with Crippen LogP contribution in [0.1, 0.15) is 12.0 Å². The van der Waals surface area contributed by atoms with Gasteiger partial charge in [-0.2, -0.15) is 13.2 Å². The number of alkyl halides is 6. The molecule has 1 atom stereocenters. The zero-order valence-corrected chi connectivity index (χ0v) is 18.4. The summed E-state index contributed by atoms with van der Waals surface area (Å²) in [5.41, 5.74) is -3.31. The lowest BCUT2D eigenvalue weighted by molar-refractivity contribution is -0.333. The third-order valence-corrected chi connectivity index (χ3v) is 5.21. The van der Waals surface area contributed by atoms with E-state index in [9.17, 15) is 35.5 Å². The largest absolute Gasteiger partial charge is 0.573 e. The van der Waals surface area contributed by atoms with E-state index < -0.39 is 47.7 Å². The van der Waals surface area contributed by atoms with Crippen molar-refractivity contribution in [3.8, 4) is 17.4 Å². The average molecular weight is 531 g/mol. The minimum absolute atomic E-state index is 0.0668. The second-order valence-electron chi connectivity index (χ2n) is 7.67. The summed E-state index contributed by atoms with van der Waals surface area (Å²) >= 11 is 0. The smallest absolute Gasteiger partial charge is 0.437 e. The Morgan fingerprint density at radius 1 is 1.00 bits per heavy atom. The first-order valence-corrected chi connectivity index (χ1v) is 10.4. The van der Waals surface area contributed by atoms with Crippen LogP contribution in [0, 0.1) is 5.82 Å². The number of hydrogen-bond acceptors (Lipinski definition) is 5. The van der Waals surface area contributed by atoms with Crippen molar-refractivity contribution in [3.63, 3.8) is 0 Å². The summed E-state index contributed by atoms with van der Waals surface area (Å²) in [6.45, 7) is -0.185. The summed E-state index contributed by atoms with van der Waals surface area (Å²) in [6, 6.07) is 8.71. The fourth-order valence-electron chi connectivity index (χ4n) is 3.50. The molecule has 2 aromatic carbocycles. The highest BCUT2D eigenvalue weighted by Gasteiger charge is 2.62. The number of amides is 2. The van der Waals surface area contributed by atoms with Gasteiger partial charge in [0.2, 0.25) is 5.88 Å². The zero-order chi connectivity index (χ0) is 26.8. The molecule has 1 aliphatic rings. The maximum Gasteiger partial charge on any atom is 0.573 e. The van der Waals surface area contributed by atoms with E-state index in [-0.39, 0.29) is 29.6 Å². The highest BCUT2D eigenvalue weighted by atomic mass is 19.4. The van der Waals surface area contributed by atoms with Crippen molar-refractivity contribution in [2.45, 2.75) is 24.6 Å². The Balaban J connectivity index is 1.52. The molecule has 1 fully saturated rings. The van der Waals surface area contributed by atoms with Crippen molar-refractivity contribution in [2.24, 2.45) is 0 Å². The molecule has 196 valence electrons. The highest BCUT2D eigenvalue weighted by molar-refractivity contribution is 6.00. The lowest BCUT2D eigenvalue weighted by Gasteiger charge is -2.43. The maximum atomic E-state index is 13.9. The Bertz CT molecular complexity index is 1280. The van der Waals surface area contributed by atoms with Gasteiger partial charge >= 0.3 is 18.6 Å². The minimum atomic E-state index is -4.88. The van der Waals surface area contributed by atoms with E-state index in [1.807, 2.05) is 0 Å². The van der Waals surface area contributed by atoms with E-state index in [4.69, 9.17) is 9.47 Å². The number of pyridine rings is 1. The molecular formula is C23H16F7N3O4. The summed E-state index contributed by atoms with van der Waals surface area (Å²) in [5, 5.41) is 4.75. The Morgan fingerprint density at radius 2 is 1.70 bits per heavy atom. The van der Waals surface area contributed by atoms with Crippen LogP contribution in [0.5, 0.6) is 17.4 Å². The fraction of sp³-hybridized carbons (Fsp3) is 0.217. The number of carbonyl (C=O) groups excluding carboxylic acids is 1. The molecule has 1 aliphatic heterocycles. The molecule has 3 aromatic rings. The molecule has 1 aromatic heterocycles. The number of nitrogens with zero attached hydrogens (tertiary/aromatic N) is 1. The molecule has 14 heteroatoms. The molecule has 37 heavy (non-hydrogen) atoms. The van der Waals surface area contributed by atoms with Gasteiger partial charge in [-0.05, 0) is 54.6 Å². The molecule has 1 unspecified atom stereocenters. The summed E-state index contributed by atoms with van der Waals surface area (Å²) in [7, 11) is 0. The number of halogens is 7. The normalized spacial score (nSPS) is 17.5. The van der Waals surface area contributed by atoms with E-state index in [0.29, 0.717) is 6.07 Å². The summed E-state index contributed by atoms with van der Waals surface area (Å²) in [6.07, 6.45) is -8.93. The van der Waals surface area contributed by atoms with Gasteiger partial charge in [-0.25, -0.2) is 14.2 Å². The number of hydrogen-bond donors (Lipinski definition) is 2. The van der Waals surface area contributed by atoms with Crippen LogP contribution in [0.2, 0.25) is 0 Å². The molecule has 2 N–H and O–H groups in total. The molecule has 0 aliphatic carbocycles. The fourth-order valence-corrected chi connectivity index (χ4v) is 3.50. The predicted octanol–water partition coefficient (Wildman–Crippen LogP) is 6.73. The quantitative estimate of drug-likeness (QED) is 0.345. The van der Waals surface area contributed by atoms with Crippen molar-refractivity contribution in [2.75, 3.05) is 17.2 Å². The van der Waals surface area contributed by atoms with Crippen LogP contribution in [0.15, 0.2) is 60.8 Å². The summed E-state index contributed by atoms with van der Waals surface area (Å²) in [5.74, 6) is -2.13. The molecule has 2 amide bonds. The van der Waals surface area contributed by atoms with Crippen LogP contribution in [-0.4, -0.2) is 30.2 Å². The van der Waals surface area contributed by atoms with Crippen molar-refractivity contribution >= 4 is 17.4 Å². The Hall–Kier alpha value is -4.07. The average Bonchev–Trinajstić information content (AvgIpc) is 2.75. The highest BCUT2D eigenvalue weighted by Crippen LogP contribution is 2.53. The number of carbonyl (C=O) groups is 1. The number of nitrogens with one attached hydrogen (secondary N) is 2. The van der Waals surface area contributed by atoms with E-state index in [0.717, 1.165) is 36.4 Å². The first kappa shape index (κ1) is 26.0. The maximum absolute atomic E-state index is 13.9. The van der Waals surface area contributed by atoms with Gasteiger partial charge in [-0.1, -0.05) is 0 Å². The molecule has 2 heterocycles. The number of aromatic nitrogens is 1. The van der Waals surface area contributed by atoms with Gasteiger partial charge < -0.3 is 24.8 Å². The van der Waals surface area contributed by atoms with E-state index in [1.165, 1.54) is 18.3 Å². The standard InChI is InChI=1S/C23H16F7N3O4/c24-13-3-8-18(16(12-13)21(9-11-35-21)22(25,26)27)36-19-17(2-1-10-31-19)33-20(34)32-14-4-6-15(7-5-14)37-23(28,29)30/h1-8,10,12H,9,11H2,(H2,32,33,34). The summed E-state index contributed by atoms with van der Waals surface area (Å²) in [4.78, 5) is 16.4. The van der Waals surface area contributed by atoms with Crippen molar-refractivity contribution in [1.29, 1.82) is 0 Å². The lowest BCUT2D eigenvalue weighted by atomic mass is 9.85. The summed E-state index contributed by atoms with van der Waals surface area (Å²) < 4.78 is 106. The monoisotopic (exact) mass is 531 g/mol. The molecule has 0 bridgehead atoms. The van der Waals surface area contributed by atoms with Gasteiger partial charge in [0.25, 0.3) is 0 Å². The first-order valence-electron chi connectivity index (χ1n) is 10.4. The topological polar surface area (TPSA) is 81.7 Å². The Labute approximate surface area is 204 Å². The van der Waals surface area contributed by atoms with E-state index in [1.54, 1.807) is 0 Å². The number of urea groups is 1. The van der Waals surface area contributed by atoms with Gasteiger partial charge in [0.15, 0.2) is 5.60 Å². The van der Waals surface area contributed by atoms with Gasteiger partial charge in [0.05, 0.1) is 6.61 Å². The third-order valence-electron chi connectivity index (χ3n) is 5.21. The van der Waals surface area contributed by atoms with Gasteiger partial charge in [-0.3, -0.25) is 0 Å². The molecular weight excluding hydrogens is 515 g/mol. The lowest BCUT2D eigenvalue weighted by Crippen LogP contribution is -2.52. The van der Waals surface area contributed by atoms with Crippen LogP contribution in [-0.2, 0) is 10.3 Å². The Morgan fingerprint density at radius 3 is 2.30 bits per heavy atom. The molecule has 0 saturated carbocycles. The predicted molar refractivity (Wildman–Crippen MR) is 115 cm³/mol. The van der Waals surface area contributed by atoms with Crippen molar-refractivity contribution in [1.82, 2.24) is 4.98 Å². The van der Waals surface area contributed by atoms with Crippen LogP contribution in [0.4, 0.5) is 46.9 Å². The van der Waals surface area contributed by atoms with Crippen LogP contribution < -0.4 is 20.1 Å². The van der Waals surface area contributed by atoms with Crippen LogP contribution in [0.25, 0.3) is 0 Å². The van der Waals surface area contributed by atoms with Gasteiger partial charge in [-0.15, -0.1) is 13.2 Å². The third kappa shape index (κ3) is 5.85. The minimum Gasteiger partial charge on any atom is -0.437 e. The van der Waals surface area contributed by atoms with Gasteiger partial charge in [0, 0.05) is 23.9 Å². The molecule has 7 nitrogen and oxygen atoms in total. The SMILES string of the molecule is O=C(Nc1ccc(OC(F)(F)F)cc1)Nc1cccnc1Oc1ccc(F)cc1C1(C(F)(F)F)CCO1. The van der Waals surface area contributed by atoms with E-state index in [2.05, 4.69) is 20.4 Å². The first-order chi connectivity index (χ1) is 17.4.